The van der Waals surface area contributed by atoms with Gasteiger partial charge in [-0.05, 0) is 6.07 Å². The summed E-state index contributed by atoms with van der Waals surface area (Å²) in [7, 11) is 1.46. The molecule has 0 aliphatic carbocycles. The number of halogens is 1. The van der Waals surface area contributed by atoms with Crippen molar-refractivity contribution in [3.8, 4) is 0 Å². The van der Waals surface area contributed by atoms with Gasteiger partial charge in [0.15, 0.2) is 6.61 Å². The van der Waals surface area contributed by atoms with Crippen molar-refractivity contribution in [2.45, 2.75) is 0 Å². The van der Waals surface area contributed by atoms with Gasteiger partial charge in [-0.1, -0.05) is 29.8 Å². The van der Waals surface area contributed by atoms with E-state index in [-0.39, 0.29) is 17.3 Å². The van der Waals surface area contributed by atoms with Crippen LogP contribution in [0.15, 0.2) is 24.3 Å². The monoisotopic (exact) mass is 340 g/mol. The van der Waals surface area contributed by atoms with Crippen molar-refractivity contribution in [2.75, 3.05) is 20.2 Å². The van der Waals surface area contributed by atoms with Gasteiger partial charge in [0.1, 0.15) is 4.88 Å². The van der Waals surface area contributed by atoms with Crippen LogP contribution in [0.3, 0.4) is 0 Å². The molecule has 116 valence electrons. The van der Waals surface area contributed by atoms with Gasteiger partial charge >= 0.3 is 5.97 Å². The van der Waals surface area contributed by atoms with Crippen molar-refractivity contribution >= 4 is 50.8 Å². The van der Waals surface area contributed by atoms with Gasteiger partial charge in [-0.3, -0.25) is 9.59 Å². The molecule has 22 heavy (non-hydrogen) atoms. The van der Waals surface area contributed by atoms with E-state index in [2.05, 4.69) is 10.6 Å². The Labute approximate surface area is 135 Å². The summed E-state index contributed by atoms with van der Waals surface area (Å²) in [5.74, 6) is -1.57. The third-order valence-electron chi connectivity index (χ3n) is 2.78. The van der Waals surface area contributed by atoms with Gasteiger partial charge in [0.2, 0.25) is 5.91 Å². The van der Waals surface area contributed by atoms with Crippen molar-refractivity contribution < 1.29 is 19.1 Å². The standard InChI is InChI=1S/C14H13ClN2O4S/c1-16-10(18)6-17-11(19)7-21-14(20)13-12(15)8-4-2-3-5-9(8)22-13/h2-5H,6-7H2,1H3,(H,16,18)(H,17,19). The Morgan fingerprint density at radius 2 is 1.95 bits per heavy atom. The van der Waals surface area contributed by atoms with Gasteiger partial charge in [0.25, 0.3) is 5.91 Å². The first-order valence-corrected chi connectivity index (χ1v) is 7.53. The van der Waals surface area contributed by atoms with Gasteiger partial charge in [0.05, 0.1) is 11.6 Å². The van der Waals surface area contributed by atoms with Gasteiger partial charge in [-0.15, -0.1) is 11.3 Å². The predicted molar refractivity (Wildman–Crippen MR) is 84.2 cm³/mol. The van der Waals surface area contributed by atoms with Crippen LogP contribution in [-0.2, 0) is 14.3 Å². The fraction of sp³-hybridized carbons (Fsp3) is 0.214. The minimum Gasteiger partial charge on any atom is -0.451 e. The first-order valence-electron chi connectivity index (χ1n) is 6.34. The van der Waals surface area contributed by atoms with E-state index >= 15 is 0 Å². The van der Waals surface area contributed by atoms with Crippen LogP contribution in [0.2, 0.25) is 5.02 Å². The minimum absolute atomic E-state index is 0.170. The summed E-state index contributed by atoms with van der Waals surface area (Å²) in [5.41, 5.74) is 0. The van der Waals surface area contributed by atoms with E-state index in [0.717, 1.165) is 10.1 Å². The molecule has 0 radical (unpaired) electrons. The number of fused-ring (bicyclic) bond motifs is 1. The van der Waals surface area contributed by atoms with Crippen LogP contribution in [0.5, 0.6) is 0 Å². The second-order valence-electron chi connectivity index (χ2n) is 4.27. The lowest BCUT2D eigenvalue weighted by molar-refractivity contribution is -0.127. The maximum absolute atomic E-state index is 12.0. The number of likely N-dealkylation sites (N-methyl/N-ethyl adjacent to an activating group) is 1. The molecule has 6 nitrogen and oxygen atoms in total. The van der Waals surface area contributed by atoms with Crippen LogP contribution in [0.25, 0.3) is 10.1 Å². The molecule has 0 aliphatic heterocycles. The Hall–Kier alpha value is -2.12. The highest BCUT2D eigenvalue weighted by atomic mass is 35.5. The molecule has 0 bridgehead atoms. The Kier molecular flexibility index (Phi) is 5.35. The molecule has 1 aromatic heterocycles. The van der Waals surface area contributed by atoms with Crippen molar-refractivity contribution in [1.29, 1.82) is 0 Å². The number of nitrogens with one attached hydrogen (secondary N) is 2. The Morgan fingerprint density at radius 3 is 2.64 bits per heavy atom. The Morgan fingerprint density at radius 1 is 1.23 bits per heavy atom. The molecule has 1 aromatic carbocycles. The third-order valence-corrected chi connectivity index (χ3v) is 4.44. The number of carbonyl (C=O) groups excluding carboxylic acids is 3. The molecule has 0 unspecified atom stereocenters. The van der Waals surface area contributed by atoms with Gasteiger partial charge in [-0.25, -0.2) is 4.79 Å². The minimum atomic E-state index is -0.665. The highest BCUT2D eigenvalue weighted by molar-refractivity contribution is 7.21. The maximum Gasteiger partial charge on any atom is 0.350 e. The molecule has 1 heterocycles. The van der Waals surface area contributed by atoms with E-state index in [4.69, 9.17) is 16.3 Å². The molecule has 2 rings (SSSR count). The van der Waals surface area contributed by atoms with Crippen molar-refractivity contribution in [3.63, 3.8) is 0 Å². The van der Waals surface area contributed by atoms with Crippen LogP contribution in [0.4, 0.5) is 0 Å². The normalized spacial score (nSPS) is 10.3. The number of carbonyl (C=O) groups is 3. The predicted octanol–water partition coefficient (Wildman–Crippen LogP) is 1.57. The quantitative estimate of drug-likeness (QED) is 0.809. The Bertz CT molecular complexity index is 729. The van der Waals surface area contributed by atoms with Gasteiger partial charge < -0.3 is 15.4 Å². The molecule has 0 saturated heterocycles. The fourth-order valence-electron chi connectivity index (χ4n) is 1.66. The molecule has 2 aromatic rings. The third kappa shape index (κ3) is 3.75. The zero-order chi connectivity index (χ0) is 16.1. The van der Waals surface area contributed by atoms with Gasteiger partial charge in [0, 0.05) is 17.1 Å². The number of amides is 2. The molecule has 0 fully saturated rings. The van der Waals surface area contributed by atoms with Crippen LogP contribution in [-0.4, -0.2) is 38.0 Å². The van der Waals surface area contributed by atoms with Crippen molar-refractivity contribution in [1.82, 2.24) is 10.6 Å². The highest BCUT2D eigenvalue weighted by Crippen LogP contribution is 2.35. The van der Waals surface area contributed by atoms with Crippen LogP contribution in [0, 0.1) is 0 Å². The van der Waals surface area contributed by atoms with E-state index in [1.807, 2.05) is 18.2 Å². The second kappa shape index (κ2) is 7.24. The zero-order valence-electron chi connectivity index (χ0n) is 11.6. The molecular formula is C14H13ClN2O4S. The number of esters is 1. The summed E-state index contributed by atoms with van der Waals surface area (Å²) in [6, 6.07) is 7.32. The van der Waals surface area contributed by atoms with Crippen molar-refractivity contribution in [2.24, 2.45) is 0 Å². The summed E-state index contributed by atoms with van der Waals surface area (Å²) < 4.78 is 5.77. The molecule has 0 atom stereocenters. The largest absolute Gasteiger partial charge is 0.451 e. The topological polar surface area (TPSA) is 84.5 Å². The molecule has 8 heteroatoms. The second-order valence-corrected chi connectivity index (χ2v) is 5.70. The summed E-state index contributed by atoms with van der Waals surface area (Å²) in [6.45, 7) is -0.642. The Balaban J connectivity index is 1.95. The van der Waals surface area contributed by atoms with E-state index in [0.29, 0.717) is 5.02 Å². The molecule has 0 spiro atoms. The van der Waals surface area contributed by atoms with Crippen LogP contribution < -0.4 is 10.6 Å². The number of ether oxygens (including phenoxy) is 1. The van der Waals surface area contributed by atoms with Gasteiger partial charge in [-0.2, -0.15) is 0 Å². The van der Waals surface area contributed by atoms with E-state index in [9.17, 15) is 14.4 Å². The lowest BCUT2D eigenvalue weighted by Crippen LogP contribution is -2.37. The summed E-state index contributed by atoms with van der Waals surface area (Å²) in [4.78, 5) is 34.7. The number of hydrogen-bond donors (Lipinski definition) is 2. The summed E-state index contributed by atoms with van der Waals surface area (Å²) in [6.07, 6.45) is 0. The smallest absolute Gasteiger partial charge is 0.350 e. The number of hydrogen-bond acceptors (Lipinski definition) is 5. The zero-order valence-corrected chi connectivity index (χ0v) is 13.2. The number of thiophene rings is 1. The average Bonchev–Trinajstić information content (AvgIpc) is 2.87. The molecule has 2 N–H and O–H groups in total. The summed E-state index contributed by atoms with van der Waals surface area (Å²) >= 11 is 7.35. The molecule has 2 amide bonds. The SMILES string of the molecule is CNC(=O)CNC(=O)COC(=O)c1sc2ccccc2c1Cl. The number of benzene rings is 1. The average molecular weight is 341 g/mol. The molecule has 0 saturated carbocycles. The van der Waals surface area contributed by atoms with Crippen LogP contribution in [0.1, 0.15) is 9.67 Å². The summed E-state index contributed by atoms with van der Waals surface area (Å²) in [5, 5.41) is 5.76. The molecular weight excluding hydrogens is 328 g/mol. The number of rotatable bonds is 5. The lowest BCUT2D eigenvalue weighted by Gasteiger charge is -2.05. The van der Waals surface area contributed by atoms with E-state index in [1.54, 1.807) is 6.07 Å². The van der Waals surface area contributed by atoms with E-state index in [1.165, 1.54) is 18.4 Å². The van der Waals surface area contributed by atoms with E-state index < -0.39 is 18.5 Å². The van der Waals surface area contributed by atoms with Crippen LogP contribution >= 0.6 is 22.9 Å². The first kappa shape index (κ1) is 16.3. The highest BCUT2D eigenvalue weighted by Gasteiger charge is 2.19. The lowest BCUT2D eigenvalue weighted by atomic mass is 10.2. The maximum atomic E-state index is 12.0. The first-order chi connectivity index (χ1) is 10.5. The molecule has 0 aliphatic rings. The van der Waals surface area contributed by atoms with Crippen molar-refractivity contribution in [3.05, 3.63) is 34.2 Å². The fourth-order valence-corrected chi connectivity index (χ4v) is 3.06.